The molecule has 0 radical (unpaired) electrons. The van der Waals surface area contributed by atoms with Crippen molar-refractivity contribution in [2.24, 2.45) is 0 Å². The van der Waals surface area contributed by atoms with Crippen molar-refractivity contribution in [3.8, 4) is 0 Å². The van der Waals surface area contributed by atoms with E-state index in [1.54, 1.807) is 12.3 Å². The monoisotopic (exact) mass is 301 g/mol. The molecule has 1 aromatic carbocycles. The quantitative estimate of drug-likeness (QED) is 0.733. The number of hydrogen-bond acceptors (Lipinski definition) is 4. The molecule has 0 spiro atoms. The summed E-state index contributed by atoms with van der Waals surface area (Å²) in [5.74, 6) is 0.556. The van der Waals surface area contributed by atoms with E-state index in [0.29, 0.717) is 19.5 Å². The van der Waals surface area contributed by atoms with Crippen LogP contribution < -0.4 is 16.0 Å². The van der Waals surface area contributed by atoms with Gasteiger partial charge in [0.2, 0.25) is 11.8 Å². The van der Waals surface area contributed by atoms with Gasteiger partial charge in [-0.25, -0.2) is 0 Å². The number of carbonyl (C=O) groups is 2. The summed E-state index contributed by atoms with van der Waals surface area (Å²) >= 11 is 0. The second-order valence-corrected chi connectivity index (χ2v) is 4.79. The molecule has 1 heterocycles. The molecule has 2 rings (SSSR count). The normalized spacial score (nSPS) is 10.0. The van der Waals surface area contributed by atoms with Crippen LogP contribution in [0.4, 0.5) is 11.4 Å². The molecule has 0 bridgehead atoms. The Balaban J connectivity index is 1.71. The Morgan fingerprint density at radius 2 is 1.95 bits per heavy atom. The van der Waals surface area contributed by atoms with Crippen LogP contribution in [0, 0.1) is 0 Å². The summed E-state index contributed by atoms with van der Waals surface area (Å²) in [6.45, 7) is 2.36. The second-order valence-electron chi connectivity index (χ2n) is 4.79. The van der Waals surface area contributed by atoms with Crippen LogP contribution >= 0.6 is 0 Å². The predicted molar refractivity (Wildman–Crippen MR) is 84.4 cm³/mol. The molecule has 6 heteroatoms. The first-order valence-electron chi connectivity index (χ1n) is 7.04. The van der Waals surface area contributed by atoms with E-state index in [1.807, 2.05) is 30.3 Å². The zero-order chi connectivity index (χ0) is 15.8. The fourth-order valence-electron chi connectivity index (χ4n) is 1.92. The number of nitrogens with one attached hydrogen (secondary N) is 3. The maximum atomic E-state index is 11.7. The number of furan rings is 1. The molecule has 0 aliphatic rings. The van der Waals surface area contributed by atoms with Gasteiger partial charge in [-0.3, -0.25) is 9.59 Å². The Bertz CT molecular complexity index is 623. The van der Waals surface area contributed by atoms with Gasteiger partial charge in [0, 0.05) is 31.3 Å². The minimum absolute atomic E-state index is 0.0538. The van der Waals surface area contributed by atoms with Gasteiger partial charge < -0.3 is 20.4 Å². The highest BCUT2D eigenvalue weighted by molar-refractivity contribution is 5.89. The van der Waals surface area contributed by atoms with Crippen LogP contribution in [0.5, 0.6) is 0 Å². The van der Waals surface area contributed by atoms with Crippen molar-refractivity contribution in [2.45, 2.75) is 19.9 Å². The number of amides is 2. The van der Waals surface area contributed by atoms with Crippen LogP contribution in [-0.2, 0) is 16.1 Å². The lowest BCUT2D eigenvalue weighted by atomic mass is 10.2. The third-order valence-corrected chi connectivity index (χ3v) is 2.90. The standard InChI is InChI=1S/C16H19N3O3/c1-12(20)19-14-5-2-4-13(10-14)17-8-7-16(21)18-11-15-6-3-9-22-15/h2-6,9-10,17H,7-8,11H2,1H3,(H,18,21)(H,19,20). The van der Waals surface area contributed by atoms with E-state index in [9.17, 15) is 9.59 Å². The Hall–Kier alpha value is -2.76. The van der Waals surface area contributed by atoms with Crippen LogP contribution in [0.15, 0.2) is 47.1 Å². The number of carbonyl (C=O) groups excluding carboxylic acids is 2. The zero-order valence-electron chi connectivity index (χ0n) is 12.4. The molecular weight excluding hydrogens is 282 g/mol. The van der Waals surface area contributed by atoms with Crippen molar-refractivity contribution < 1.29 is 14.0 Å². The van der Waals surface area contributed by atoms with Gasteiger partial charge in [0.15, 0.2) is 0 Å². The molecule has 0 saturated carbocycles. The van der Waals surface area contributed by atoms with Gasteiger partial charge >= 0.3 is 0 Å². The number of benzene rings is 1. The van der Waals surface area contributed by atoms with Crippen molar-refractivity contribution >= 4 is 23.2 Å². The molecule has 2 amide bonds. The Kier molecular flexibility index (Phi) is 5.59. The number of hydrogen-bond donors (Lipinski definition) is 3. The Labute approximate surface area is 128 Å². The summed E-state index contributed by atoms with van der Waals surface area (Å²) in [6, 6.07) is 10.9. The van der Waals surface area contributed by atoms with Crippen molar-refractivity contribution in [1.29, 1.82) is 0 Å². The number of anilines is 2. The summed E-state index contributed by atoms with van der Waals surface area (Å²) in [4.78, 5) is 22.7. The van der Waals surface area contributed by atoms with Gasteiger partial charge in [0.1, 0.15) is 5.76 Å². The van der Waals surface area contributed by atoms with E-state index < -0.39 is 0 Å². The van der Waals surface area contributed by atoms with Crippen molar-refractivity contribution in [1.82, 2.24) is 5.32 Å². The predicted octanol–water partition coefficient (Wildman–Crippen LogP) is 2.36. The highest BCUT2D eigenvalue weighted by Crippen LogP contribution is 2.14. The highest BCUT2D eigenvalue weighted by atomic mass is 16.3. The van der Waals surface area contributed by atoms with Gasteiger partial charge in [-0.2, -0.15) is 0 Å². The van der Waals surface area contributed by atoms with Gasteiger partial charge in [0.05, 0.1) is 12.8 Å². The molecule has 0 aliphatic heterocycles. The average molecular weight is 301 g/mol. The molecule has 2 aromatic rings. The van der Waals surface area contributed by atoms with Crippen LogP contribution in [0.25, 0.3) is 0 Å². The smallest absolute Gasteiger partial charge is 0.222 e. The van der Waals surface area contributed by atoms with Gasteiger partial charge in [-0.15, -0.1) is 0 Å². The van der Waals surface area contributed by atoms with E-state index in [4.69, 9.17) is 4.42 Å². The molecule has 0 fully saturated rings. The van der Waals surface area contributed by atoms with Gasteiger partial charge in [-0.1, -0.05) is 6.07 Å². The summed E-state index contributed by atoms with van der Waals surface area (Å²) in [6.07, 6.45) is 1.93. The second kappa shape index (κ2) is 7.87. The minimum Gasteiger partial charge on any atom is -0.467 e. The third-order valence-electron chi connectivity index (χ3n) is 2.90. The van der Waals surface area contributed by atoms with Gasteiger partial charge in [-0.05, 0) is 30.3 Å². The SMILES string of the molecule is CC(=O)Nc1cccc(NCCC(=O)NCc2ccco2)c1. The first kappa shape index (κ1) is 15.6. The fraction of sp³-hybridized carbons (Fsp3) is 0.250. The maximum absolute atomic E-state index is 11.7. The lowest BCUT2D eigenvalue weighted by Crippen LogP contribution is -2.24. The Morgan fingerprint density at radius 3 is 2.68 bits per heavy atom. The van der Waals surface area contributed by atoms with Crippen LogP contribution in [0.2, 0.25) is 0 Å². The summed E-state index contributed by atoms with van der Waals surface area (Å²) in [7, 11) is 0. The molecule has 22 heavy (non-hydrogen) atoms. The first-order chi connectivity index (χ1) is 10.6. The topological polar surface area (TPSA) is 83.4 Å². The lowest BCUT2D eigenvalue weighted by Gasteiger charge is -2.09. The Morgan fingerprint density at radius 1 is 1.14 bits per heavy atom. The van der Waals surface area contributed by atoms with Crippen LogP contribution in [0.3, 0.4) is 0 Å². The van der Waals surface area contributed by atoms with E-state index in [2.05, 4.69) is 16.0 Å². The fourth-order valence-corrected chi connectivity index (χ4v) is 1.92. The van der Waals surface area contributed by atoms with Crippen molar-refractivity contribution in [3.05, 3.63) is 48.4 Å². The molecule has 0 aliphatic carbocycles. The van der Waals surface area contributed by atoms with Crippen LogP contribution in [0.1, 0.15) is 19.1 Å². The molecule has 0 saturated heterocycles. The van der Waals surface area contributed by atoms with Gasteiger partial charge in [0.25, 0.3) is 0 Å². The molecule has 116 valence electrons. The first-order valence-corrected chi connectivity index (χ1v) is 7.04. The zero-order valence-corrected chi connectivity index (χ0v) is 12.4. The van der Waals surface area contributed by atoms with E-state index in [1.165, 1.54) is 6.92 Å². The van der Waals surface area contributed by atoms with Crippen LogP contribution in [-0.4, -0.2) is 18.4 Å². The molecule has 0 unspecified atom stereocenters. The van der Waals surface area contributed by atoms with E-state index >= 15 is 0 Å². The van der Waals surface area contributed by atoms with E-state index in [-0.39, 0.29) is 11.8 Å². The minimum atomic E-state index is -0.116. The lowest BCUT2D eigenvalue weighted by molar-refractivity contribution is -0.121. The molecule has 3 N–H and O–H groups in total. The number of rotatable bonds is 7. The highest BCUT2D eigenvalue weighted by Gasteiger charge is 2.03. The van der Waals surface area contributed by atoms with Crippen molar-refractivity contribution in [3.63, 3.8) is 0 Å². The molecule has 1 aromatic heterocycles. The molecule has 6 nitrogen and oxygen atoms in total. The molecule has 0 atom stereocenters. The summed E-state index contributed by atoms with van der Waals surface area (Å²) < 4.78 is 5.14. The average Bonchev–Trinajstić information content (AvgIpc) is 2.98. The maximum Gasteiger partial charge on any atom is 0.222 e. The third kappa shape index (κ3) is 5.32. The molecular formula is C16H19N3O3. The summed E-state index contributed by atoms with van der Waals surface area (Å²) in [5.41, 5.74) is 1.57. The summed E-state index contributed by atoms with van der Waals surface area (Å²) in [5, 5.41) is 8.64. The largest absolute Gasteiger partial charge is 0.467 e. The van der Waals surface area contributed by atoms with E-state index in [0.717, 1.165) is 17.1 Å². The van der Waals surface area contributed by atoms with Crippen molar-refractivity contribution in [2.75, 3.05) is 17.2 Å².